The molecular formula is C4H5NO3. The summed E-state index contributed by atoms with van der Waals surface area (Å²) >= 11 is 0. The minimum Gasteiger partial charge on any atom is -0.292 e. The van der Waals surface area contributed by atoms with Crippen LogP contribution in [0.15, 0.2) is 0 Å². The summed E-state index contributed by atoms with van der Waals surface area (Å²) in [5, 5.41) is 9.78. The first-order chi connectivity index (χ1) is 3.72. The number of ketones is 1. The van der Waals surface area contributed by atoms with Crippen LogP contribution in [-0.2, 0) is 4.79 Å². The minimum atomic E-state index is -0.866. The quantitative estimate of drug-likeness (QED) is 0.357. The van der Waals surface area contributed by atoms with Gasteiger partial charge in [0, 0.05) is 17.8 Å². The number of nitrogens with zero attached hydrogens (tertiary/aromatic N) is 1. The zero-order valence-corrected chi connectivity index (χ0v) is 4.16. The Morgan fingerprint density at radius 3 is 2.38 bits per heavy atom. The summed E-state index contributed by atoms with van der Waals surface area (Å²) in [6.45, 7) is 0. The van der Waals surface area contributed by atoms with Crippen molar-refractivity contribution in [2.75, 3.05) is 0 Å². The molecule has 1 unspecified atom stereocenters. The molecule has 1 fully saturated rings. The monoisotopic (exact) mass is 115 g/mol. The largest absolute Gasteiger partial charge is 0.292 e. The van der Waals surface area contributed by atoms with Gasteiger partial charge >= 0.3 is 0 Å². The van der Waals surface area contributed by atoms with Crippen LogP contribution in [0.1, 0.15) is 12.8 Å². The molecule has 1 aliphatic carbocycles. The Kier molecular flexibility index (Phi) is 1.00. The molecule has 0 aromatic carbocycles. The predicted octanol–water partition coefficient (Wildman–Crippen LogP) is -0.00540. The van der Waals surface area contributed by atoms with Crippen molar-refractivity contribution in [3.05, 3.63) is 10.1 Å². The van der Waals surface area contributed by atoms with Crippen LogP contribution in [0.5, 0.6) is 0 Å². The molecule has 0 heterocycles. The molecule has 0 aromatic rings. The third-order valence-corrected chi connectivity index (χ3v) is 1.29. The van der Waals surface area contributed by atoms with Gasteiger partial charge in [0.05, 0.1) is 0 Å². The van der Waals surface area contributed by atoms with E-state index in [0.717, 1.165) is 0 Å². The molecule has 0 aromatic heterocycles. The van der Waals surface area contributed by atoms with Crippen LogP contribution in [-0.4, -0.2) is 16.7 Å². The van der Waals surface area contributed by atoms with Crippen molar-refractivity contribution in [3.63, 3.8) is 0 Å². The van der Waals surface area contributed by atoms with Gasteiger partial charge in [0.25, 0.3) is 6.04 Å². The number of carbonyl (C=O) groups excluding carboxylic acids is 1. The Balaban J connectivity index is 2.49. The Morgan fingerprint density at radius 1 is 1.75 bits per heavy atom. The van der Waals surface area contributed by atoms with E-state index in [-0.39, 0.29) is 5.78 Å². The second-order valence-corrected chi connectivity index (χ2v) is 1.81. The first-order valence-electron chi connectivity index (χ1n) is 2.38. The first kappa shape index (κ1) is 5.21. The molecule has 0 bridgehead atoms. The van der Waals surface area contributed by atoms with E-state index in [2.05, 4.69) is 0 Å². The highest BCUT2D eigenvalue weighted by Gasteiger charge is 2.38. The lowest BCUT2D eigenvalue weighted by atomic mass is 9.92. The van der Waals surface area contributed by atoms with E-state index in [1.165, 1.54) is 0 Å². The van der Waals surface area contributed by atoms with Crippen molar-refractivity contribution in [1.29, 1.82) is 0 Å². The molecule has 44 valence electrons. The zero-order valence-electron chi connectivity index (χ0n) is 4.16. The topological polar surface area (TPSA) is 60.2 Å². The fraction of sp³-hybridized carbons (Fsp3) is 0.750. The van der Waals surface area contributed by atoms with Crippen LogP contribution in [0.3, 0.4) is 0 Å². The van der Waals surface area contributed by atoms with Gasteiger partial charge < -0.3 is 0 Å². The fourth-order valence-electron chi connectivity index (χ4n) is 0.614. The standard InChI is InChI=1S/C4H5NO3/c6-4-2-1-3(4)5(7)8/h3H,1-2H2. The van der Waals surface area contributed by atoms with E-state index >= 15 is 0 Å². The fourth-order valence-corrected chi connectivity index (χ4v) is 0.614. The molecule has 1 aliphatic rings. The number of nitro groups is 1. The van der Waals surface area contributed by atoms with Gasteiger partial charge in [-0.15, -0.1) is 0 Å². The van der Waals surface area contributed by atoms with E-state index in [1.54, 1.807) is 0 Å². The van der Waals surface area contributed by atoms with Crippen molar-refractivity contribution < 1.29 is 9.72 Å². The molecule has 1 rings (SSSR count). The lowest BCUT2D eigenvalue weighted by molar-refractivity contribution is -0.514. The summed E-state index contributed by atoms with van der Waals surface area (Å²) in [7, 11) is 0. The van der Waals surface area contributed by atoms with Crippen molar-refractivity contribution in [1.82, 2.24) is 0 Å². The van der Waals surface area contributed by atoms with Crippen molar-refractivity contribution in [2.24, 2.45) is 0 Å². The molecule has 0 aliphatic heterocycles. The number of Topliss-reactive ketones (excluding diaryl/α,β-unsaturated/α-hetero) is 1. The van der Waals surface area contributed by atoms with Crippen molar-refractivity contribution in [3.8, 4) is 0 Å². The summed E-state index contributed by atoms with van der Waals surface area (Å²) in [5.41, 5.74) is 0. The molecule has 4 nitrogen and oxygen atoms in total. The van der Waals surface area contributed by atoms with Gasteiger partial charge in [-0.2, -0.15) is 0 Å². The van der Waals surface area contributed by atoms with E-state index < -0.39 is 11.0 Å². The van der Waals surface area contributed by atoms with Gasteiger partial charge in [-0.3, -0.25) is 14.9 Å². The summed E-state index contributed by atoms with van der Waals surface area (Å²) in [5.74, 6) is -0.227. The Labute approximate surface area is 45.6 Å². The second-order valence-electron chi connectivity index (χ2n) is 1.81. The van der Waals surface area contributed by atoms with Gasteiger partial charge in [-0.1, -0.05) is 0 Å². The lowest BCUT2D eigenvalue weighted by Crippen LogP contribution is -2.38. The molecule has 1 atom stereocenters. The molecule has 0 N–H and O–H groups in total. The average molecular weight is 115 g/mol. The Morgan fingerprint density at radius 2 is 2.38 bits per heavy atom. The van der Waals surface area contributed by atoms with Gasteiger partial charge in [0.15, 0.2) is 0 Å². The number of hydrogen-bond acceptors (Lipinski definition) is 3. The molecule has 1 saturated carbocycles. The molecule has 0 amide bonds. The maximum Gasteiger partial charge on any atom is 0.270 e. The highest BCUT2D eigenvalue weighted by molar-refractivity contribution is 5.88. The number of rotatable bonds is 1. The maximum absolute atomic E-state index is 10.2. The zero-order chi connectivity index (χ0) is 6.15. The minimum absolute atomic E-state index is 0.227. The third-order valence-electron chi connectivity index (χ3n) is 1.29. The van der Waals surface area contributed by atoms with Crippen LogP contribution in [0.2, 0.25) is 0 Å². The van der Waals surface area contributed by atoms with Gasteiger partial charge in [-0.05, 0) is 0 Å². The Bertz CT molecular complexity index is 134. The van der Waals surface area contributed by atoms with Crippen LogP contribution in [0.4, 0.5) is 0 Å². The molecule has 0 spiro atoms. The Hall–Kier alpha value is -0.930. The van der Waals surface area contributed by atoms with E-state index in [9.17, 15) is 14.9 Å². The highest BCUT2D eigenvalue weighted by atomic mass is 16.6. The van der Waals surface area contributed by atoms with E-state index in [1.807, 2.05) is 0 Å². The summed E-state index contributed by atoms with van der Waals surface area (Å²) in [4.78, 5) is 19.5. The van der Waals surface area contributed by atoms with Crippen LogP contribution in [0.25, 0.3) is 0 Å². The van der Waals surface area contributed by atoms with E-state index in [4.69, 9.17) is 0 Å². The SMILES string of the molecule is O=C1CCC1[N+](=O)[O-]. The molecule has 0 radical (unpaired) electrons. The molecule has 0 saturated heterocycles. The maximum atomic E-state index is 10.2. The highest BCUT2D eigenvalue weighted by Crippen LogP contribution is 2.16. The summed E-state index contributed by atoms with van der Waals surface area (Å²) < 4.78 is 0. The van der Waals surface area contributed by atoms with E-state index in [0.29, 0.717) is 12.8 Å². The van der Waals surface area contributed by atoms with Crippen LogP contribution in [0, 0.1) is 10.1 Å². The van der Waals surface area contributed by atoms with Crippen molar-refractivity contribution in [2.45, 2.75) is 18.9 Å². The lowest BCUT2D eigenvalue weighted by Gasteiger charge is -2.14. The molecular weight excluding hydrogens is 110 g/mol. The van der Waals surface area contributed by atoms with Gasteiger partial charge in [-0.25, -0.2) is 0 Å². The average Bonchev–Trinajstić information content (AvgIpc) is 1.61. The summed E-state index contributed by atoms with van der Waals surface area (Å²) in [6.07, 6.45) is 0.831. The molecule has 4 heteroatoms. The molecule has 8 heavy (non-hydrogen) atoms. The van der Waals surface area contributed by atoms with Gasteiger partial charge in [0.2, 0.25) is 5.78 Å². The van der Waals surface area contributed by atoms with Crippen molar-refractivity contribution >= 4 is 5.78 Å². The second kappa shape index (κ2) is 1.54. The number of hydrogen-bond donors (Lipinski definition) is 0. The smallest absolute Gasteiger partial charge is 0.270 e. The van der Waals surface area contributed by atoms with Crippen LogP contribution < -0.4 is 0 Å². The normalized spacial score (nSPS) is 27.0. The number of carbonyl (C=O) groups is 1. The summed E-state index contributed by atoms with van der Waals surface area (Å²) in [6, 6.07) is -0.866. The van der Waals surface area contributed by atoms with Gasteiger partial charge in [0.1, 0.15) is 0 Å². The van der Waals surface area contributed by atoms with Crippen LogP contribution >= 0.6 is 0 Å². The predicted molar refractivity (Wildman–Crippen MR) is 25.0 cm³/mol. The first-order valence-corrected chi connectivity index (χ1v) is 2.38. The third kappa shape index (κ3) is 0.576.